The van der Waals surface area contributed by atoms with E-state index in [2.05, 4.69) is 6.07 Å². The van der Waals surface area contributed by atoms with Crippen LogP contribution in [-0.2, 0) is 12.0 Å². The third-order valence-corrected chi connectivity index (χ3v) is 5.09. The highest BCUT2D eigenvalue weighted by atomic mass is 19.1. The second-order valence-corrected chi connectivity index (χ2v) is 6.07. The molecular formula is C20H14FN3. The molecule has 0 fully saturated rings. The second kappa shape index (κ2) is 5.22. The number of benzene rings is 2. The summed E-state index contributed by atoms with van der Waals surface area (Å²) in [4.78, 5) is 1.61. The molecule has 2 aliphatic rings. The molecule has 0 aromatic heterocycles. The van der Waals surface area contributed by atoms with Crippen LogP contribution in [0.15, 0.2) is 66.1 Å². The lowest BCUT2D eigenvalue weighted by Crippen LogP contribution is -2.50. The number of hydrogen-bond donors (Lipinski definition) is 0. The molecule has 2 aliphatic heterocycles. The Morgan fingerprint density at radius 3 is 2.46 bits per heavy atom. The number of hydrogen-bond acceptors (Lipinski definition) is 3. The average molecular weight is 315 g/mol. The van der Waals surface area contributed by atoms with Crippen LogP contribution in [-0.4, -0.2) is 11.4 Å². The summed E-state index contributed by atoms with van der Waals surface area (Å²) in [5.74, 6) is -1.44. The number of halogens is 1. The molecule has 0 aliphatic carbocycles. The van der Waals surface area contributed by atoms with E-state index in [1.165, 1.54) is 0 Å². The van der Waals surface area contributed by atoms with E-state index in [9.17, 15) is 10.5 Å². The van der Waals surface area contributed by atoms with Crippen molar-refractivity contribution >= 4 is 0 Å². The van der Waals surface area contributed by atoms with Gasteiger partial charge in [-0.15, -0.1) is 0 Å². The van der Waals surface area contributed by atoms with Crippen molar-refractivity contribution in [1.82, 2.24) is 4.90 Å². The van der Waals surface area contributed by atoms with Crippen molar-refractivity contribution in [3.8, 4) is 12.1 Å². The first-order valence-corrected chi connectivity index (χ1v) is 7.86. The van der Waals surface area contributed by atoms with Gasteiger partial charge in [0.1, 0.15) is 23.1 Å². The van der Waals surface area contributed by atoms with Crippen molar-refractivity contribution in [2.45, 2.75) is 12.0 Å². The minimum Gasteiger partial charge on any atom is -0.332 e. The number of nitrogens with zero attached hydrogens (tertiary/aromatic N) is 3. The van der Waals surface area contributed by atoms with E-state index in [0.717, 1.165) is 16.7 Å². The Kier molecular flexibility index (Phi) is 3.15. The normalized spacial score (nSPS) is 24.8. The second-order valence-electron chi connectivity index (χ2n) is 6.07. The Morgan fingerprint density at radius 1 is 1.04 bits per heavy atom. The Morgan fingerprint density at radius 2 is 1.75 bits per heavy atom. The van der Waals surface area contributed by atoms with E-state index in [-0.39, 0.29) is 5.57 Å². The molecule has 4 heteroatoms. The summed E-state index contributed by atoms with van der Waals surface area (Å²) in [5, 5.41) is 19.3. The molecule has 0 N–H and O–H groups in total. The fraction of sp³-hybridized carbons (Fsp3) is 0.200. The van der Waals surface area contributed by atoms with E-state index in [0.29, 0.717) is 13.0 Å². The lowest BCUT2D eigenvalue weighted by Gasteiger charge is -2.46. The first-order valence-electron chi connectivity index (χ1n) is 7.86. The van der Waals surface area contributed by atoms with Crippen LogP contribution in [0.25, 0.3) is 0 Å². The summed E-state index contributed by atoms with van der Waals surface area (Å²) >= 11 is 0. The summed E-state index contributed by atoms with van der Waals surface area (Å²) in [6.45, 7) is 0.446. The maximum Gasteiger partial charge on any atom is 0.206 e. The first kappa shape index (κ1) is 14.5. The summed E-state index contributed by atoms with van der Waals surface area (Å²) in [5.41, 5.74) is 1.81. The molecule has 2 heterocycles. The molecule has 2 unspecified atom stereocenters. The van der Waals surface area contributed by atoms with Crippen LogP contribution < -0.4 is 0 Å². The minimum absolute atomic E-state index is 0.0712. The van der Waals surface area contributed by atoms with Gasteiger partial charge in [0.2, 0.25) is 5.95 Å². The molecule has 2 aromatic carbocycles. The Hall–Kier alpha value is -3.11. The molecule has 3 nitrogen and oxygen atoms in total. The Labute approximate surface area is 139 Å². The highest BCUT2D eigenvalue weighted by Gasteiger charge is 2.58. The zero-order valence-corrected chi connectivity index (χ0v) is 12.9. The predicted molar refractivity (Wildman–Crippen MR) is 86.9 cm³/mol. The van der Waals surface area contributed by atoms with Crippen LogP contribution in [0, 0.1) is 28.6 Å². The van der Waals surface area contributed by atoms with E-state index in [1.807, 2.05) is 60.7 Å². The molecule has 2 atom stereocenters. The van der Waals surface area contributed by atoms with Crippen LogP contribution in [0.5, 0.6) is 0 Å². The molecule has 0 radical (unpaired) electrons. The summed E-state index contributed by atoms with van der Waals surface area (Å²) < 4.78 is 15.0. The fourth-order valence-corrected chi connectivity index (χ4v) is 4.14. The molecule has 0 saturated carbocycles. The van der Waals surface area contributed by atoms with E-state index < -0.39 is 17.4 Å². The van der Waals surface area contributed by atoms with Crippen LogP contribution in [0.4, 0.5) is 4.39 Å². The summed E-state index contributed by atoms with van der Waals surface area (Å²) in [6, 6.07) is 21.5. The van der Waals surface area contributed by atoms with Gasteiger partial charge >= 0.3 is 0 Å². The molecule has 116 valence electrons. The molecule has 0 saturated heterocycles. The van der Waals surface area contributed by atoms with Crippen molar-refractivity contribution in [1.29, 1.82) is 10.5 Å². The van der Waals surface area contributed by atoms with Gasteiger partial charge in [0, 0.05) is 6.54 Å². The topological polar surface area (TPSA) is 50.8 Å². The molecule has 0 spiro atoms. The van der Waals surface area contributed by atoms with Crippen molar-refractivity contribution in [3.63, 3.8) is 0 Å². The lowest BCUT2D eigenvalue weighted by atomic mass is 9.69. The SMILES string of the molecule is N#CC1=C(F)N2CCc3ccccc3C2(c2ccccc2)C1C#N. The maximum atomic E-state index is 15.0. The van der Waals surface area contributed by atoms with Crippen LogP contribution in [0.1, 0.15) is 16.7 Å². The van der Waals surface area contributed by atoms with E-state index in [4.69, 9.17) is 0 Å². The van der Waals surface area contributed by atoms with Gasteiger partial charge in [-0.1, -0.05) is 54.6 Å². The summed E-state index contributed by atoms with van der Waals surface area (Å²) in [6.07, 6.45) is 0.690. The van der Waals surface area contributed by atoms with Gasteiger partial charge in [-0.05, 0) is 23.1 Å². The third-order valence-electron chi connectivity index (χ3n) is 5.09. The average Bonchev–Trinajstić information content (AvgIpc) is 2.91. The van der Waals surface area contributed by atoms with Gasteiger partial charge in [-0.3, -0.25) is 0 Å². The van der Waals surface area contributed by atoms with Crippen molar-refractivity contribution in [3.05, 3.63) is 82.8 Å². The number of nitriles is 2. The lowest BCUT2D eigenvalue weighted by molar-refractivity contribution is 0.127. The van der Waals surface area contributed by atoms with Gasteiger partial charge in [0.05, 0.1) is 6.07 Å². The van der Waals surface area contributed by atoms with Gasteiger partial charge < -0.3 is 4.90 Å². The Balaban J connectivity index is 2.10. The van der Waals surface area contributed by atoms with Crippen LogP contribution in [0.2, 0.25) is 0 Å². The standard InChI is InChI=1S/C20H14FN3/c21-19-16(12-22)18(13-23)20(15-7-2-1-3-8-15)17-9-5-4-6-14(17)10-11-24(19)20/h1-9,18H,10-11H2. The number of rotatable bonds is 1. The van der Waals surface area contributed by atoms with Gasteiger partial charge in [0.15, 0.2) is 0 Å². The predicted octanol–water partition coefficient (Wildman–Crippen LogP) is 3.65. The third kappa shape index (κ3) is 1.63. The van der Waals surface area contributed by atoms with Crippen molar-refractivity contribution in [2.75, 3.05) is 6.54 Å². The van der Waals surface area contributed by atoms with Gasteiger partial charge in [0.25, 0.3) is 0 Å². The fourth-order valence-electron chi connectivity index (χ4n) is 4.14. The van der Waals surface area contributed by atoms with Crippen LogP contribution in [0.3, 0.4) is 0 Å². The molecule has 2 aromatic rings. The molecule has 24 heavy (non-hydrogen) atoms. The molecule has 0 bridgehead atoms. The van der Waals surface area contributed by atoms with Crippen LogP contribution >= 0.6 is 0 Å². The smallest absolute Gasteiger partial charge is 0.206 e. The van der Waals surface area contributed by atoms with Gasteiger partial charge in [-0.25, -0.2) is 0 Å². The number of fused-ring (bicyclic) bond motifs is 3. The quantitative estimate of drug-likeness (QED) is 0.755. The molecular weight excluding hydrogens is 301 g/mol. The summed E-state index contributed by atoms with van der Waals surface area (Å²) in [7, 11) is 0. The highest BCUT2D eigenvalue weighted by Crippen LogP contribution is 2.55. The van der Waals surface area contributed by atoms with Crippen molar-refractivity contribution < 1.29 is 4.39 Å². The highest BCUT2D eigenvalue weighted by molar-refractivity contribution is 5.56. The minimum atomic E-state index is -0.972. The Bertz CT molecular complexity index is 920. The zero-order valence-electron chi connectivity index (χ0n) is 12.9. The zero-order chi connectivity index (χ0) is 16.7. The monoisotopic (exact) mass is 315 g/mol. The largest absolute Gasteiger partial charge is 0.332 e. The molecule has 4 rings (SSSR count). The maximum absolute atomic E-state index is 15.0. The molecule has 0 amide bonds. The first-order chi connectivity index (χ1) is 11.7. The van der Waals surface area contributed by atoms with E-state index in [1.54, 1.807) is 4.90 Å². The van der Waals surface area contributed by atoms with E-state index >= 15 is 4.39 Å². The van der Waals surface area contributed by atoms with Crippen molar-refractivity contribution in [2.24, 2.45) is 5.92 Å². The van der Waals surface area contributed by atoms with Gasteiger partial charge in [-0.2, -0.15) is 14.9 Å².